The van der Waals surface area contributed by atoms with Crippen LogP contribution in [0, 0.1) is 11.8 Å². The molecular formula is C22H18N2O2. The molecule has 0 bridgehead atoms. The van der Waals surface area contributed by atoms with E-state index < -0.39 is 0 Å². The summed E-state index contributed by atoms with van der Waals surface area (Å²) in [6, 6.07) is 20.8. The van der Waals surface area contributed by atoms with E-state index in [0.29, 0.717) is 5.56 Å². The predicted molar refractivity (Wildman–Crippen MR) is 104 cm³/mol. The molecule has 0 unspecified atom stereocenters. The molecule has 0 heterocycles. The van der Waals surface area contributed by atoms with E-state index in [1.807, 2.05) is 54.6 Å². The Bertz CT molecular complexity index is 1010. The summed E-state index contributed by atoms with van der Waals surface area (Å²) in [5.41, 5.74) is 2.16. The third kappa shape index (κ3) is 4.49. The SMILES string of the molecule is CC(=O)Nc1ccc(C#CCNC(=O)c2ccc3ccccc3c2)cc1. The maximum absolute atomic E-state index is 12.2. The lowest BCUT2D eigenvalue weighted by Crippen LogP contribution is -2.23. The van der Waals surface area contributed by atoms with Crippen LogP contribution >= 0.6 is 0 Å². The average Bonchev–Trinajstić information content (AvgIpc) is 2.65. The van der Waals surface area contributed by atoms with E-state index in [0.717, 1.165) is 22.0 Å². The fourth-order valence-corrected chi connectivity index (χ4v) is 2.54. The number of hydrogen-bond acceptors (Lipinski definition) is 2. The van der Waals surface area contributed by atoms with Crippen LogP contribution in [0.25, 0.3) is 10.8 Å². The first-order valence-electron chi connectivity index (χ1n) is 8.25. The molecule has 4 nitrogen and oxygen atoms in total. The van der Waals surface area contributed by atoms with Crippen molar-refractivity contribution in [2.45, 2.75) is 6.92 Å². The largest absolute Gasteiger partial charge is 0.341 e. The summed E-state index contributed by atoms with van der Waals surface area (Å²) < 4.78 is 0. The number of carbonyl (C=O) groups excluding carboxylic acids is 2. The van der Waals surface area contributed by atoms with E-state index in [9.17, 15) is 9.59 Å². The summed E-state index contributed by atoms with van der Waals surface area (Å²) in [5.74, 6) is 5.66. The average molecular weight is 342 g/mol. The number of hydrogen-bond donors (Lipinski definition) is 2. The number of benzene rings is 3. The Balaban J connectivity index is 1.58. The second-order valence-electron chi connectivity index (χ2n) is 5.80. The van der Waals surface area contributed by atoms with Crippen molar-refractivity contribution in [3.63, 3.8) is 0 Å². The lowest BCUT2D eigenvalue weighted by molar-refractivity contribution is -0.114. The van der Waals surface area contributed by atoms with Gasteiger partial charge in [-0.3, -0.25) is 9.59 Å². The van der Waals surface area contributed by atoms with Crippen LogP contribution in [0.3, 0.4) is 0 Å². The molecule has 3 aromatic carbocycles. The van der Waals surface area contributed by atoms with Gasteiger partial charge in [0.2, 0.25) is 5.91 Å². The van der Waals surface area contributed by atoms with Gasteiger partial charge in [-0.1, -0.05) is 42.2 Å². The monoisotopic (exact) mass is 342 g/mol. The van der Waals surface area contributed by atoms with Crippen molar-refractivity contribution in [1.82, 2.24) is 5.32 Å². The summed E-state index contributed by atoms with van der Waals surface area (Å²) in [6.07, 6.45) is 0. The molecule has 26 heavy (non-hydrogen) atoms. The molecule has 3 aromatic rings. The zero-order valence-electron chi connectivity index (χ0n) is 14.4. The lowest BCUT2D eigenvalue weighted by atomic mass is 10.1. The number of amides is 2. The van der Waals surface area contributed by atoms with Crippen molar-refractivity contribution in [1.29, 1.82) is 0 Å². The predicted octanol–water partition coefficient (Wildman–Crippen LogP) is 3.58. The molecule has 0 atom stereocenters. The van der Waals surface area contributed by atoms with Crippen LogP contribution in [-0.2, 0) is 4.79 Å². The normalized spacial score (nSPS) is 9.88. The Hall–Kier alpha value is -3.58. The number of carbonyl (C=O) groups is 2. The third-order valence-electron chi connectivity index (χ3n) is 3.79. The second-order valence-corrected chi connectivity index (χ2v) is 5.80. The minimum atomic E-state index is -0.147. The highest BCUT2D eigenvalue weighted by Gasteiger charge is 2.04. The Morgan fingerprint density at radius 3 is 2.38 bits per heavy atom. The van der Waals surface area contributed by atoms with E-state index >= 15 is 0 Å². The topological polar surface area (TPSA) is 58.2 Å². The van der Waals surface area contributed by atoms with Gasteiger partial charge in [0.25, 0.3) is 5.91 Å². The minimum Gasteiger partial charge on any atom is -0.341 e. The number of rotatable bonds is 3. The first-order chi connectivity index (χ1) is 12.6. The van der Waals surface area contributed by atoms with Gasteiger partial charge in [0.05, 0.1) is 6.54 Å². The van der Waals surface area contributed by atoms with Crippen LogP contribution in [-0.4, -0.2) is 18.4 Å². The maximum Gasteiger partial charge on any atom is 0.252 e. The lowest BCUT2D eigenvalue weighted by Gasteiger charge is -2.03. The van der Waals surface area contributed by atoms with Crippen molar-refractivity contribution < 1.29 is 9.59 Å². The van der Waals surface area contributed by atoms with E-state index in [2.05, 4.69) is 22.5 Å². The molecule has 0 spiro atoms. The van der Waals surface area contributed by atoms with Crippen LogP contribution < -0.4 is 10.6 Å². The Morgan fingerprint density at radius 2 is 1.65 bits per heavy atom. The summed E-state index contributed by atoms with van der Waals surface area (Å²) in [5, 5.41) is 7.64. The number of fused-ring (bicyclic) bond motifs is 1. The number of nitrogens with one attached hydrogen (secondary N) is 2. The van der Waals surface area contributed by atoms with Crippen LogP contribution in [0.15, 0.2) is 66.7 Å². The fourth-order valence-electron chi connectivity index (χ4n) is 2.54. The summed E-state index contributed by atoms with van der Waals surface area (Å²) >= 11 is 0. The smallest absolute Gasteiger partial charge is 0.252 e. The van der Waals surface area contributed by atoms with Crippen molar-refractivity contribution >= 4 is 28.3 Å². The van der Waals surface area contributed by atoms with Gasteiger partial charge in [-0.15, -0.1) is 0 Å². The van der Waals surface area contributed by atoms with Gasteiger partial charge >= 0.3 is 0 Å². The molecule has 3 rings (SSSR count). The van der Waals surface area contributed by atoms with E-state index in [1.54, 1.807) is 12.1 Å². The molecule has 0 aliphatic heterocycles. The van der Waals surface area contributed by atoms with Crippen LogP contribution in [0.2, 0.25) is 0 Å². The first kappa shape index (κ1) is 17.2. The molecular weight excluding hydrogens is 324 g/mol. The molecule has 128 valence electrons. The zero-order valence-corrected chi connectivity index (χ0v) is 14.4. The van der Waals surface area contributed by atoms with Crippen molar-refractivity contribution in [2.24, 2.45) is 0 Å². The Morgan fingerprint density at radius 1 is 0.923 bits per heavy atom. The van der Waals surface area contributed by atoms with Crippen molar-refractivity contribution in [3.05, 3.63) is 77.9 Å². The van der Waals surface area contributed by atoms with Gasteiger partial charge in [0.1, 0.15) is 0 Å². The van der Waals surface area contributed by atoms with Crippen molar-refractivity contribution in [3.8, 4) is 11.8 Å². The standard InChI is InChI=1S/C22H18N2O2/c1-16(25)24-21-12-8-17(9-13-21)5-4-14-23-22(26)20-11-10-18-6-2-3-7-19(18)15-20/h2-3,6-13,15H,14H2,1H3,(H,23,26)(H,24,25). The quantitative estimate of drug-likeness (QED) is 0.715. The molecule has 0 aliphatic carbocycles. The first-order valence-corrected chi connectivity index (χ1v) is 8.25. The van der Waals surface area contributed by atoms with Gasteiger partial charge in [-0.2, -0.15) is 0 Å². The highest BCUT2D eigenvalue weighted by atomic mass is 16.2. The van der Waals surface area contributed by atoms with Crippen LogP contribution in [0.5, 0.6) is 0 Å². The molecule has 4 heteroatoms. The summed E-state index contributed by atoms with van der Waals surface area (Å²) in [4.78, 5) is 23.2. The van der Waals surface area contributed by atoms with Gasteiger partial charge < -0.3 is 10.6 Å². The number of anilines is 1. The minimum absolute atomic E-state index is 0.111. The molecule has 2 N–H and O–H groups in total. The molecule has 0 saturated carbocycles. The fraction of sp³-hybridized carbons (Fsp3) is 0.0909. The second kappa shape index (κ2) is 8.00. The third-order valence-corrected chi connectivity index (χ3v) is 3.79. The maximum atomic E-state index is 12.2. The van der Waals surface area contributed by atoms with E-state index in [4.69, 9.17) is 0 Å². The highest BCUT2D eigenvalue weighted by molar-refractivity contribution is 5.98. The van der Waals surface area contributed by atoms with Crippen LogP contribution in [0.4, 0.5) is 5.69 Å². The Labute approximate surface area is 152 Å². The Kier molecular flexibility index (Phi) is 5.31. The van der Waals surface area contributed by atoms with Crippen molar-refractivity contribution in [2.75, 3.05) is 11.9 Å². The summed E-state index contributed by atoms with van der Waals surface area (Å²) in [7, 11) is 0. The van der Waals surface area contributed by atoms with Gasteiger partial charge in [0, 0.05) is 23.7 Å². The van der Waals surface area contributed by atoms with Crippen LogP contribution in [0.1, 0.15) is 22.8 Å². The van der Waals surface area contributed by atoms with E-state index in [1.165, 1.54) is 6.92 Å². The molecule has 0 aromatic heterocycles. The highest BCUT2D eigenvalue weighted by Crippen LogP contribution is 2.15. The summed E-state index contributed by atoms with van der Waals surface area (Å²) in [6.45, 7) is 1.73. The van der Waals surface area contributed by atoms with Gasteiger partial charge in [-0.05, 0) is 47.2 Å². The molecule has 0 saturated heterocycles. The molecule has 0 radical (unpaired) electrons. The van der Waals surface area contributed by atoms with E-state index in [-0.39, 0.29) is 18.4 Å². The zero-order chi connectivity index (χ0) is 18.4. The van der Waals surface area contributed by atoms with Gasteiger partial charge in [-0.25, -0.2) is 0 Å². The molecule has 0 fully saturated rings. The van der Waals surface area contributed by atoms with Gasteiger partial charge in [0.15, 0.2) is 0 Å². The molecule has 0 aliphatic rings. The molecule has 2 amide bonds.